The molecule has 2 aliphatic rings. The molecule has 2 heterocycles. The SMILES string of the molecule is CC(C(=O)OC1CC2CCC(C1)N2C)c1ccc(N(C)C)cc1.O=C(O)C(=O)O. The van der Waals surface area contributed by atoms with Crippen molar-refractivity contribution < 1.29 is 29.3 Å². The first-order valence-electron chi connectivity index (χ1n) is 9.76. The van der Waals surface area contributed by atoms with Crippen molar-refractivity contribution in [1.82, 2.24) is 4.90 Å². The number of aliphatic carboxylic acids is 2. The molecular formula is C21H30N2O6. The third kappa shape index (κ3) is 5.93. The first kappa shape index (κ1) is 22.7. The molecule has 160 valence electrons. The van der Waals surface area contributed by atoms with Gasteiger partial charge in [0.1, 0.15) is 6.10 Å². The van der Waals surface area contributed by atoms with E-state index >= 15 is 0 Å². The van der Waals surface area contributed by atoms with Crippen LogP contribution >= 0.6 is 0 Å². The molecule has 0 aromatic heterocycles. The van der Waals surface area contributed by atoms with Gasteiger partial charge in [-0.25, -0.2) is 9.59 Å². The van der Waals surface area contributed by atoms with E-state index in [1.165, 1.54) is 12.8 Å². The highest BCUT2D eigenvalue weighted by Crippen LogP contribution is 2.36. The van der Waals surface area contributed by atoms with Crippen molar-refractivity contribution in [2.45, 2.75) is 56.7 Å². The minimum absolute atomic E-state index is 0.0865. The van der Waals surface area contributed by atoms with Crippen LogP contribution in [0.5, 0.6) is 0 Å². The number of benzene rings is 1. The van der Waals surface area contributed by atoms with Crippen LogP contribution in [0.15, 0.2) is 24.3 Å². The van der Waals surface area contributed by atoms with E-state index in [0.29, 0.717) is 12.1 Å². The molecule has 2 aliphatic heterocycles. The Morgan fingerprint density at radius 2 is 1.52 bits per heavy atom. The highest BCUT2D eigenvalue weighted by Gasteiger charge is 2.40. The van der Waals surface area contributed by atoms with Gasteiger partial charge in [0.2, 0.25) is 0 Å². The van der Waals surface area contributed by atoms with Crippen LogP contribution in [-0.2, 0) is 19.1 Å². The zero-order chi connectivity index (χ0) is 21.7. The van der Waals surface area contributed by atoms with Crippen molar-refractivity contribution in [1.29, 1.82) is 0 Å². The van der Waals surface area contributed by atoms with Gasteiger partial charge in [-0.3, -0.25) is 4.79 Å². The first-order valence-corrected chi connectivity index (χ1v) is 9.76. The Labute approximate surface area is 171 Å². The Kier molecular flexibility index (Phi) is 7.61. The molecule has 8 nitrogen and oxygen atoms in total. The monoisotopic (exact) mass is 406 g/mol. The highest BCUT2D eigenvalue weighted by molar-refractivity contribution is 6.27. The van der Waals surface area contributed by atoms with Gasteiger partial charge in [0, 0.05) is 31.9 Å². The molecule has 0 spiro atoms. The zero-order valence-electron chi connectivity index (χ0n) is 17.4. The number of fused-ring (bicyclic) bond motifs is 2. The Hall–Kier alpha value is -2.61. The molecule has 0 radical (unpaired) electrons. The van der Waals surface area contributed by atoms with Gasteiger partial charge in [-0.05, 0) is 57.4 Å². The smallest absolute Gasteiger partial charge is 0.414 e. The fraction of sp³-hybridized carbons (Fsp3) is 0.571. The van der Waals surface area contributed by atoms with Crippen molar-refractivity contribution in [2.75, 3.05) is 26.0 Å². The molecule has 2 N–H and O–H groups in total. The first-order chi connectivity index (χ1) is 13.6. The molecule has 8 heteroatoms. The number of carbonyl (C=O) groups is 3. The largest absolute Gasteiger partial charge is 0.473 e. The van der Waals surface area contributed by atoms with Crippen LogP contribution in [0.1, 0.15) is 44.1 Å². The second kappa shape index (κ2) is 9.73. The fourth-order valence-electron chi connectivity index (χ4n) is 3.92. The van der Waals surface area contributed by atoms with E-state index in [9.17, 15) is 4.79 Å². The molecule has 2 fully saturated rings. The van der Waals surface area contributed by atoms with Crippen molar-refractivity contribution >= 4 is 23.6 Å². The number of esters is 1. The molecule has 29 heavy (non-hydrogen) atoms. The van der Waals surface area contributed by atoms with Crippen LogP contribution in [-0.4, -0.2) is 72.4 Å². The van der Waals surface area contributed by atoms with Crippen molar-refractivity contribution in [3.8, 4) is 0 Å². The average molecular weight is 406 g/mol. The van der Waals surface area contributed by atoms with Gasteiger partial charge in [0.25, 0.3) is 0 Å². The summed E-state index contributed by atoms with van der Waals surface area (Å²) < 4.78 is 5.84. The van der Waals surface area contributed by atoms with Crippen LogP contribution in [0.3, 0.4) is 0 Å². The number of nitrogens with zero attached hydrogens (tertiary/aromatic N) is 2. The lowest BCUT2D eigenvalue weighted by molar-refractivity contribution is -0.159. The van der Waals surface area contributed by atoms with E-state index in [1.807, 2.05) is 33.2 Å². The van der Waals surface area contributed by atoms with Crippen LogP contribution in [0.4, 0.5) is 5.69 Å². The number of carboxylic acid groups (broad SMARTS) is 2. The number of ether oxygens (including phenoxy) is 1. The summed E-state index contributed by atoms with van der Waals surface area (Å²) in [7, 11) is 6.23. The number of hydrogen-bond donors (Lipinski definition) is 2. The molecule has 3 unspecified atom stereocenters. The maximum absolute atomic E-state index is 12.5. The average Bonchev–Trinajstić information content (AvgIpc) is 2.89. The maximum Gasteiger partial charge on any atom is 0.414 e. The molecule has 3 rings (SSSR count). The van der Waals surface area contributed by atoms with E-state index in [0.717, 1.165) is 24.1 Å². The normalized spacial score (nSPS) is 24.1. The van der Waals surface area contributed by atoms with Crippen molar-refractivity contribution in [3.05, 3.63) is 29.8 Å². The lowest BCUT2D eigenvalue weighted by Gasteiger charge is -2.36. The molecule has 0 amide bonds. The van der Waals surface area contributed by atoms with Gasteiger partial charge in [0.05, 0.1) is 5.92 Å². The molecule has 2 saturated heterocycles. The van der Waals surface area contributed by atoms with Gasteiger partial charge < -0.3 is 24.7 Å². The maximum atomic E-state index is 12.5. The van der Waals surface area contributed by atoms with Crippen LogP contribution in [0, 0.1) is 0 Å². The van der Waals surface area contributed by atoms with Gasteiger partial charge >= 0.3 is 17.9 Å². The number of carbonyl (C=O) groups excluding carboxylic acids is 1. The third-order valence-electron chi connectivity index (χ3n) is 5.78. The van der Waals surface area contributed by atoms with Crippen LogP contribution in [0.2, 0.25) is 0 Å². The quantitative estimate of drug-likeness (QED) is 0.579. The van der Waals surface area contributed by atoms with Gasteiger partial charge in [-0.2, -0.15) is 0 Å². The van der Waals surface area contributed by atoms with Gasteiger partial charge in [-0.15, -0.1) is 0 Å². The summed E-state index contributed by atoms with van der Waals surface area (Å²) >= 11 is 0. The van der Waals surface area contributed by atoms with E-state index in [-0.39, 0.29) is 18.0 Å². The zero-order valence-corrected chi connectivity index (χ0v) is 17.4. The number of anilines is 1. The minimum Gasteiger partial charge on any atom is -0.473 e. The van der Waals surface area contributed by atoms with Gasteiger partial charge in [0.15, 0.2) is 0 Å². The summed E-state index contributed by atoms with van der Waals surface area (Å²) in [6, 6.07) is 9.35. The summed E-state index contributed by atoms with van der Waals surface area (Å²) in [5, 5.41) is 14.8. The second-order valence-corrected chi connectivity index (χ2v) is 7.90. The standard InChI is InChI=1S/C19H28N2O2.C2H2O4/c1-13(14-5-7-15(8-6-14)20(2)3)19(22)23-18-11-16-9-10-17(12-18)21(16)4;3-1(4)2(5)6/h5-8,13,16-18H,9-12H2,1-4H3;(H,3,4)(H,5,6). The van der Waals surface area contributed by atoms with E-state index in [2.05, 4.69) is 29.0 Å². The summed E-state index contributed by atoms with van der Waals surface area (Å²) in [5.41, 5.74) is 2.16. The number of carboxylic acids is 2. The number of piperidine rings is 1. The predicted octanol–water partition coefficient (Wildman–Crippen LogP) is 2.18. The van der Waals surface area contributed by atoms with Crippen molar-refractivity contribution in [3.63, 3.8) is 0 Å². The second-order valence-electron chi connectivity index (χ2n) is 7.90. The lowest BCUT2D eigenvalue weighted by atomic mass is 9.98. The summed E-state index contributed by atoms with van der Waals surface area (Å²) in [4.78, 5) is 35.2. The lowest BCUT2D eigenvalue weighted by Crippen LogP contribution is -2.43. The molecule has 0 saturated carbocycles. The van der Waals surface area contributed by atoms with Crippen molar-refractivity contribution in [2.24, 2.45) is 0 Å². The Bertz CT molecular complexity index is 707. The molecule has 1 aromatic rings. The Morgan fingerprint density at radius 1 is 1.03 bits per heavy atom. The molecule has 1 aromatic carbocycles. The minimum atomic E-state index is -1.82. The predicted molar refractivity (Wildman–Crippen MR) is 108 cm³/mol. The van der Waals surface area contributed by atoms with E-state index < -0.39 is 11.9 Å². The third-order valence-corrected chi connectivity index (χ3v) is 5.78. The molecular weight excluding hydrogens is 376 g/mol. The fourth-order valence-corrected chi connectivity index (χ4v) is 3.92. The van der Waals surface area contributed by atoms with E-state index in [4.69, 9.17) is 24.5 Å². The van der Waals surface area contributed by atoms with Gasteiger partial charge in [-0.1, -0.05) is 12.1 Å². The number of hydrogen-bond acceptors (Lipinski definition) is 6. The number of rotatable bonds is 4. The summed E-state index contributed by atoms with van der Waals surface area (Å²) in [5.74, 6) is -3.94. The Morgan fingerprint density at radius 3 is 1.93 bits per heavy atom. The Balaban J connectivity index is 0.000000438. The van der Waals surface area contributed by atoms with Crippen LogP contribution < -0.4 is 4.90 Å². The topological polar surface area (TPSA) is 107 Å². The molecule has 2 bridgehead atoms. The molecule has 0 aliphatic carbocycles. The van der Waals surface area contributed by atoms with Crippen LogP contribution in [0.25, 0.3) is 0 Å². The molecule has 3 atom stereocenters. The van der Waals surface area contributed by atoms with E-state index in [1.54, 1.807) is 0 Å². The summed E-state index contributed by atoms with van der Waals surface area (Å²) in [6.07, 6.45) is 4.57. The highest BCUT2D eigenvalue weighted by atomic mass is 16.5. The summed E-state index contributed by atoms with van der Waals surface area (Å²) in [6.45, 7) is 1.94.